The van der Waals surface area contributed by atoms with Crippen LogP contribution in [-0.2, 0) is 9.53 Å². The first kappa shape index (κ1) is 15.7. The van der Waals surface area contributed by atoms with Crippen molar-refractivity contribution in [1.82, 2.24) is 15.1 Å². The summed E-state index contributed by atoms with van der Waals surface area (Å²) in [6.07, 6.45) is 2.79. The number of ether oxygens (including phenoxy) is 1. The number of likely N-dealkylation sites (N-methyl/N-ethyl adjacent to an activating group) is 1. The second kappa shape index (κ2) is 6.87. The summed E-state index contributed by atoms with van der Waals surface area (Å²) in [5, 5.41) is 3.26. The molecule has 2 aliphatic rings. The molecule has 0 aromatic carbocycles. The van der Waals surface area contributed by atoms with Gasteiger partial charge in [-0.25, -0.2) is 0 Å². The van der Waals surface area contributed by atoms with Gasteiger partial charge in [0.2, 0.25) is 5.91 Å². The number of hydrogen-bond donors (Lipinski definition) is 1. The predicted molar refractivity (Wildman–Crippen MR) is 79.7 cm³/mol. The molecule has 2 rings (SSSR count). The van der Waals surface area contributed by atoms with Gasteiger partial charge in [-0.3, -0.25) is 9.69 Å². The molecule has 1 unspecified atom stereocenters. The van der Waals surface area contributed by atoms with Crippen molar-refractivity contribution in [2.45, 2.75) is 45.3 Å². The van der Waals surface area contributed by atoms with Gasteiger partial charge in [-0.1, -0.05) is 6.92 Å². The zero-order chi connectivity index (χ0) is 14.6. The van der Waals surface area contributed by atoms with Gasteiger partial charge in [-0.05, 0) is 33.2 Å². The van der Waals surface area contributed by atoms with Gasteiger partial charge in [0, 0.05) is 39.3 Å². The number of amides is 1. The molecule has 2 heterocycles. The molecule has 2 aliphatic heterocycles. The third-order valence-electron chi connectivity index (χ3n) is 4.30. The summed E-state index contributed by atoms with van der Waals surface area (Å²) in [7, 11) is 0. The van der Waals surface area contributed by atoms with Crippen LogP contribution in [0, 0.1) is 0 Å². The normalized spacial score (nSPS) is 25.1. The molecule has 0 aliphatic carbocycles. The number of carbonyl (C=O) groups excluding carboxylic acids is 1. The van der Waals surface area contributed by atoms with Crippen LogP contribution in [0.3, 0.4) is 0 Å². The van der Waals surface area contributed by atoms with Crippen molar-refractivity contribution in [2.24, 2.45) is 0 Å². The SMILES string of the molecule is CCNC(C)(C)C(=O)N1CCN(CC2CCCO2)CC1. The van der Waals surface area contributed by atoms with Crippen LogP contribution in [0.1, 0.15) is 33.6 Å². The third-order valence-corrected chi connectivity index (χ3v) is 4.30. The zero-order valence-electron chi connectivity index (χ0n) is 13.2. The van der Waals surface area contributed by atoms with E-state index in [1.165, 1.54) is 12.8 Å². The molecule has 0 bridgehead atoms. The first-order valence-electron chi connectivity index (χ1n) is 7.91. The maximum absolute atomic E-state index is 12.5. The van der Waals surface area contributed by atoms with Crippen LogP contribution in [0.2, 0.25) is 0 Å². The van der Waals surface area contributed by atoms with E-state index in [1.807, 2.05) is 25.7 Å². The maximum Gasteiger partial charge on any atom is 0.242 e. The topological polar surface area (TPSA) is 44.8 Å². The Balaban J connectivity index is 1.77. The lowest BCUT2D eigenvalue weighted by Crippen LogP contribution is -2.59. The maximum atomic E-state index is 12.5. The summed E-state index contributed by atoms with van der Waals surface area (Å²) < 4.78 is 5.68. The van der Waals surface area contributed by atoms with E-state index >= 15 is 0 Å². The van der Waals surface area contributed by atoms with Gasteiger partial charge in [0.1, 0.15) is 0 Å². The van der Waals surface area contributed by atoms with E-state index in [9.17, 15) is 4.79 Å². The quantitative estimate of drug-likeness (QED) is 0.807. The summed E-state index contributed by atoms with van der Waals surface area (Å²) in [4.78, 5) is 16.9. The number of rotatable bonds is 5. The monoisotopic (exact) mass is 283 g/mol. The zero-order valence-corrected chi connectivity index (χ0v) is 13.2. The Morgan fingerprint density at radius 3 is 2.55 bits per heavy atom. The van der Waals surface area contributed by atoms with Crippen molar-refractivity contribution in [3.8, 4) is 0 Å². The Morgan fingerprint density at radius 1 is 1.30 bits per heavy atom. The fourth-order valence-electron chi connectivity index (χ4n) is 3.12. The van der Waals surface area contributed by atoms with Gasteiger partial charge < -0.3 is 15.0 Å². The lowest BCUT2D eigenvalue weighted by molar-refractivity contribution is -0.139. The van der Waals surface area contributed by atoms with Crippen molar-refractivity contribution in [1.29, 1.82) is 0 Å². The van der Waals surface area contributed by atoms with Crippen LogP contribution in [0.4, 0.5) is 0 Å². The largest absolute Gasteiger partial charge is 0.377 e. The highest BCUT2D eigenvalue weighted by atomic mass is 16.5. The van der Waals surface area contributed by atoms with Crippen LogP contribution < -0.4 is 5.32 Å². The molecule has 0 spiro atoms. The van der Waals surface area contributed by atoms with E-state index in [-0.39, 0.29) is 5.91 Å². The Kier molecular flexibility index (Phi) is 5.41. The highest BCUT2D eigenvalue weighted by Gasteiger charge is 2.33. The summed E-state index contributed by atoms with van der Waals surface area (Å²) in [5.74, 6) is 0.219. The minimum absolute atomic E-state index is 0.219. The Labute approximate surface area is 122 Å². The standard InChI is InChI=1S/C15H29N3O2/c1-4-16-15(2,3)14(19)18-9-7-17(8-10-18)12-13-6-5-11-20-13/h13,16H,4-12H2,1-3H3. The highest BCUT2D eigenvalue weighted by Crippen LogP contribution is 2.16. The van der Waals surface area contributed by atoms with Crippen LogP contribution in [0.15, 0.2) is 0 Å². The van der Waals surface area contributed by atoms with Crippen LogP contribution >= 0.6 is 0 Å². The minimum atomic E-state index is -0.453. The molecule has 2 saturated heterocycles. The van der Waals surface area contributed by atoms with Gasteiger partial charge in [0.15, 0.2) is 0 Å². The van der Waals surface area contributed by atoms with Crippen molar-refractivity contribution in [2.75, 3.05) is 45.9 Å². The van der Waals surface area contributed by atoms with Crippen LogP contribution in [0.5, 0.6) is 0 Å². The first-order chi connectivity index (χ1) is 9.53. The lowest BCUT2D eigenvalue weighted by atomic mass is 10.0. The van der Waals surface area contributed by atoms with Crippen LogP contribution in [-0.4, -0.2) is 73.2 Å². The van der Waals surface area contributed by atoms with Crippen molar-refractivity contribution >= 4 is 5.91 Å². The Morgan fingerprint density at radius 2 is 2.00 bits per heavy atom. The van der Waals surface area contributed by atoms with E-state index in [4.69, 9.17) is 4.74 Å². The molecule has 1 atom stereocenters. The second-order valence-corrected chi connectivity index (χ2v) is 6.38. The summed E-state index contributed by atoms with van der Waals surface area (Å²) in [5.41, 5.74) is -0.453. The number of carbonyl (C=O) groups is 1. The second-order valence-electron chi connectivity index (χ2n) is 6.38. The van der Waals surface area contributed by atoms with Crippen molar-refractivity contribution < 1.29 is 9.53 Å². The third kappa shape index (κ3) is 3.93. The molecule has 20 heavy (non-hydrogen) atoms. The van der Waals surface area contributed by atoms with E-state index in [0.717, 1.165) is 45.9 Å². The summed E-state index contributed by atoms with van der Waals surface area (Å²) >= 11 is 0. The highest BCUT2D eigenvalue weighted by molar-refractivity contribution is 5.85. The Hall–Kier alpha value is -0.650. The number of nitrogens with one attached hydrogen (secondary N) is 1. The molecule has 2 fully saturated rings. The van der Waals surface area contributed by atoms with Gasteiger partial charge in [-0.15, -0.1) is 0 Å². The predicted octanol–water partition coefficient (Wildman–Crippen LogP) is 0.698. The number of nitrogens with zero attached hydrogens (tertiary/aromatic N) is 2. The van der Waals surface area contributed by atoms with Gasteiger partial charge in [-0.2, -0.15) is 0 Å². The first-order valence-corrected chi connectivity index (χ1v) is 7.91. The minimum Gasteiger partial charge on any atom is -0.377 e. The number of hydrogen-bond acceptors (Lipinski definition) is 4. The van der Waals surface area contributed by atoms with E-state index in [0.29, 0.717) is 6.10 Å². The average Bonchev–Trinajstić information content (AvgIpc) is 2.91. The molecular formula is C15H29N3O2. The van der Waals surface area contributed by atoms with Crippen molar-refractivity contribution in [3.05, 3.63) is 0 Å². The number of piperazine rings is 1. The summed E-state index contributed by atoms with van der Waals surface area (Å²) in [6, 6.07) is 0. The molecule has 0 aromatic heterocycles. The molecule has 0 radical (unpaired) electrons. The van der Waals surface area contributed by atoms with Gasteiger partial charge in [0.25, 0.3) is 0 Å². The van der Waals surface area contributed by atoms with Crippen LogP contribution in [0.25, 0.3) is 0 Å². The summed E-state index contributed by atoms with van der Waals surface area (Å²) in [6.45, 7) is 12.3. The van der Waals surface area contributed by atoms with E-state index in [1.54, 1.807) is 0 Å². The Bertz CT molecular complexity index is 319. The molecule has 1 N–H and O–H groups in total. The molecular weight excluding hydrogens is 254 g/mol. The molecule has 116 valence electrons. The fraction of sp³-hybridized carbons (Fsp3) is 0.933. The molecule has 0 saturated carbocycles. The van der Waals surface area contributed by atoms with E-state index in [2.05, 4.69) is 10.2 Å². The average molecular weight is 283 g/mol. The van der Waals surface area contributed by atoms with E-state index < -0.39 is 5.54 Å². The van der Waals surface area contributed by atoms with Gasteiger partial charge in [0.05, 0.1) is 11.6 Å². The molecule has 0 aromatic rings. The fourth-order valence-corrected chi connectivity index (χ4v) is 3.12. The van der Waals surface area contributed by atoms with Crippen molar-refractivity contribution in [3.63, 3.8) is 0 Å². The molecule has 5 heteroatoms. The smallest absolute Gasteiger partial charge is 0.242 e. The lowest BCUT2D eigenvalue weighted by Gasteiger charge is -2.39. The molecule has 5 nitrogen and oxygen atoms in total. The van der Waals surface area contributed by atoms with Gasteiger partial charge >= 0.3 is 0 Å². The molecule has 1 amide bonds.